The molecule has 0 aromatic heterocycles. The number of piperidine rings is 1. The second-order valence-corrected chi connectivity index (χ2v) is 5.12. The minimum atomic E-state index is -0.107. The van der Waals surface area contributed by atoms with E-state index in [0.29, 0.717) is 12.0 Å². The average molecular weight is 250 g/mol. The van der Waals surface area contributed by atoms with Gasteiger partial charge in [-0.25, -0.2) is 4.39 Å². The Hall–Kier alpha value is -1.09. The zero-order valence-corrected chi connectivity index (χ0v) is 11.3. The van der Waals surface area contributed by atoms with Crippen molar-refractivity contribution in [3.05, 3.63) is 30.1 Å². The van der Waals surface area contributed by atoms with Crippen molar-refractivity contribution in [2.75, 3.05) is 24.5 Å². The van der Waals surface area contributed by atoms with E-state index in [1.54, 1.807) is 12.1 Å². The van der Waals surface area contributed by atoms with E-state index >= 15 is 0 Å². The summed E-state index contributed by atoms with van der Waals surface area (Å²) in [5, 5.41) is 3.50. The average Bonchev–Trinajstić information content (AvgIpc) is 2.39. The zero-order valence-electron chi connectivity index (χ0n) is 11.3. The summed E-state index contributed by atoms with van der Waals surface area (Å²) >= 11 is 0. The molecule has 2 unspecified atom stereocenters. The molecular weight excluding hydrogens is 227 g/mol. The van der Waals surface area contributed by atoms with Gasteiger partial charge in [0.05, 0.1) is 5.69 Å². The molecule has 1 aromatic rings. The van der Waals surface area contributed by atoms with Crippen LogP contribution in [-0.2, 0) is 0 Å². The van der Waals surface area contributed by atoms with Crippen LogP contribution >= 0.6 is 0 Å². The molecule has 0 saturated carbocycles. The molecule has 1 saturated heterocycles. The number of benzene rings is 1. The molecule has 2 nitrogen and oxygen atoms in total. The lowest BCUT2D eigenvalue weighted by Crippen LogP contribution is -2.49. The zero-order chi connectivity index (χ0) is 13.0. The smallest absolute Gasteiger partial charge is 0.146 e. The topological polar surface area (TPSA) is 15.3 Å². The third kappa shape index (κ3) is 3.02. The van der Waals surface area contributed by atoms with E-state index < -0.39 is 0 Å². The van der Waals surface area contributed by atoms with E-state index in [4.69, 9.17) is 0 Å². The number of nitrogens with zero attached hydrogens (tertiary/aromatic N) is 1. The summed E-state index contributed by atoms with van der Waals surface area (Å²) in [5.74, 6) is 0.548. The van der Waals surface area contributed by atoms with E-state index in [9.17, 15) is 4.39 Å². The maximum atomic E-state index is 13.9. The molecule has 0 radical (unpaired) electrons. The van der Waals surface area contributed by atoms with Gasteiger partial charge in [-0.2, -0.15) is 0 Å². The monoisotopic (exact) mass is 250 g/mol. The summed E-state index contributed by atoms with van der Waals surface area (Å²) in [6.45, 7) is 7.21. The van der Waals surface area contributed by atoms with Crippen LogP contribution < -0.4 is 10.2 Å². The maximum Gasteiger partial charge on any atom is 0.146 e. The summed E-state index contributed by atoms with van der Waals surface area (Å²) in [5.41, 5.74) is 0.749. The number of hydrogen-bond acceptors (Lipinski definition) is 2. The van der Waals surface area contributed by atoms with Crippen LogP contribution in [0.25, 0.3) is 0 Å². The van der Waals surface area contributed by atoms with Crippen molar-refractivity contribution < 1.29 is 4.39 Å². The first-order chi connectivity index (χ1) is 8.74. The van der Waals surface area contributed by atoms with Crippen LogP contribution in [0.1, 0.15) is 26.7 Å². The van der Waals surface area contributed by atoms with Crippen LogP contribution in [0, 0.1) is 11.7 Å². The first kappa shape index (κ1) is 13.3. The molecule has 18 heavy (non-hydrogen) atoms. The molecule has 3 heteroatoms. The Morgan fingerprint density at radius 1 is 1.28 bits per heavy atom. The lowest BCUT2D eigenvalue weighted by molar-refractivity contribution is 0.329. The number of para-hydroxylation sites is 1. The van der Waals surface area contributed by atoms with Crippen molar-refractivity contribution in [1.29, 1.82) is 0 Å². The lowest BCUT2D eigenvalue weighted by atomic mass is 9.91. The molecule has 1 fully saturated rings. The Kier molecular flexibility index (Phi) is 4.59. The van der Waals surface area contributed by atoms with Crippen molar-refractivity contribution in [3.8, 4) is 0 Å². The summed E-state index contributed by atoms with van der Waals surface area (Å²) in [6, 6.07) is 7.58. The first-order valence-electron chi connectivity index (χ1n) is 6.97. The molecule has 0 amide bonds. The molecule has 2 atom stereocenters. The standard InChI is InChI=1S/C15H23FN2/c1-3-12-9-13(17-4-2)11-18(10-12)15-8-6-5-7-14(15)16/h5-8,12-13,17H,3-4,9-11H2,1-2H3. The molecule has 1 aromatic carbocycles. The van der Waals surface area contributed by atoms with E-state index in [1.807, 2.05) is 12.1 Å². The number of rotatable bonds is 4. The fourth-order valence-corrected chi connectivity index (χ4v) is 2.84. The van der Waals surface area contributed by atoms with Gasteiger partial charge in [-0.15, -0.1) is 0 Å². The quantitative estimate of drug-likeness (QED) is 0.883. The molecule has 1 heterocycles. The van der Waals surface area contributed by atoms with Crippen molar-refractivity contribution in [2.24, 2.45) is 5.92 Å². The summed E-state index contributed by atoms with van der Waals surface area (Å²) in [7, 11) is 0. The lowest BCUT2D eigenvalue weighted by Gasteiger charge is -2.39. The van der Waals surface area contributed by atoms with Crippen LogP contribution in [0.2, 0.25) is 0 Å². The highest BCUT2D eigenvalue weighted by Gasteiger charge is 2.26. The van der Waals surface area contributed by atoms with Gasteiger partial charge in [0.2, 0.25) is 0 Å². The highest BCUT2D eigenvalue weighted by Crippen LogP contribution is 2.26. The summed E-state index contributed by atoms with van der Waals surface area (Å²) < 4.78 is 13.9. The highest BCUT2D eigenvalue weighted by molar-refractivity contribution is 5.48. The Balaban J connectivity index is 2.14. The van der Waals surface area contributed by atoms with Gasteiger partial charge in [0.15, 0.2) is 0 Å². The van der Waals surface area contributed by atoms with Crippen LogP contribution in [0.5, 0.6) is 0 Å². The molecule has 1 aliphatic rings. The molecule has 0 aliphatic carbocycles. The van der Waals surface area contributed by atoms with E-state index in [0.717, 1.165) is 31.7 Å². The summed E-state index contributed by atoms with van der Waals surface area (Å²) in [6.07, 6.45) is 2.36. The second kappa shape index (κ2) is 6.19. The van der Waals surface area contributed by atoms with Crippen LogP contribution in [0.4, 0.5) is 10.1 Å². The van der Waals surface area contributed by atoms with Gasteiger partial charge in [-0.3, -0.25) is 0 Å². The normalized spacial score (nSPS) is 24.3. The van der Waals surface area contributed by atoms with Gasteiger partial charge in [-0.05, 0) is 31.0 Å². The molecule has 1 N–H and O–H groups in total. The third-order valence-corrected chi connectivity index (χ3v) is 3.80. The largest absolute Gasteiger partial charge is 0.367 e. The van der Waals surface area contributed by atoms with Gasteiger partial charge in [0.25, 0.3) is 0 Å². The molecule has 100 valence electrons. The number of nitrogens with one attached hydrogen (secondary N) is 1. The third-order valence-electron chi connectivity index (χ3n) is 3.80. The fraction of sp³-hybridized carbons (Fsp3) is 0.600. The molecule has 0 bridgehead atoms. The Morgan fingerprint density at radius 3 is 2.72 bits per heavy atom. The molecular formula is C15H23FN2. The van der Waals surface area contributed by atoms with E-state index in [2.05, 4.69) is 24.1 Å². The van der Waals surface area contributed by atoms with Crippen LogP contribution in [0.3, 0.4) is 0 Å². The number of anilines is 1. The van der Waals surface area contributed by atoms with Crippen molar-refractivity contribution in [1.82, 2.24) is 5.32 Å². The minimum absolute atomic E-state index is 0.107. The Bertz CT molecular complexity index is 381. The summed E-state index contributed by atoms with van der Waals surface area (Å²) in [4.78, 5) is 2.19. The predicted molar refractivity (Wildman–Crippen MR) is 74.5 cm³/mol. The molecule has 0 spiro atoms. The Morgan fingerprint density at radius 2 is 2.06 bits per heavy atom. The molecule has 2 rings (SSSR count). The second-order valence-electron chi connectivity index (χ2n) is 5.12. The molecule has 1 aliphatic heterocycles. The highest BCUT2D eigenvalue weighted by atomic mass is 19.1. The first-order valence-corrected chi connectivity index (χ1v) is 6.97. The van der Waals surface area contributed by atoms with Gasteiger partial charge in [0, 0.05) is 19.1 Å². The van der Waals surface area contributed by atoms with Crippen molar-refractivity contribution in [2.45, 2.75) is 32.7 Å². The number of hydrogen-bond donors (Lipinski definition) is 1. The SMILES string of the molecule is CCNC1CC(CC)CN(c2ccccc2F)C1. The van der Waals surface area contributed by atoms with Crippen molar-refractivity contribution in [3.63, 3.8) is 0 Å². The van der Waals surface area contributed by atoms with Crippen LogP contribution in [0.15, 0.2) is 24.3 Å². The minimum Gasteiger partial charge on any atom is -0.367 e. The van der Waals surface area contributed by atoms with Crippen molar-refractivity contribution >= 4 is 5.69 Å². The number of likely N-dealkylation sites (N-methyl/N-ethyl adjacent to an activating group) is 1. The number of halogens is 1. The van der Waals surface area contributed by atoms with E-state index in [-0.39, 0.29) is 5.82 Å². The van der Waals surface area contributed by atoms with Gasteiger partial charge >= 0.3 is 0 Å². The van der Waals surface area contributed by atoms with Gasteiger partial charge in [-0.1, -0.05) is 32.4 Å². The fourth-order valence-electron chi connectivity index (χ4n) is 2.84. The maximum absolute atomic E-state index is 13.9. The Labute approximate surface area is 109 Å². The van der Waals surface area contributed by atoms with E-state index in [1.165, 1.54) is 6.42 Å². The van der Waals surface area contributed by atoms with Gasteiger partial charge < -0.3 is 10.2 Å². The predicted octanol–water partition coefficient (Wildman–Crippen LogP) is 3.04. The van der Waals surface area contributed by atoms with Crippen LogP contribution in [-0.4, -0.2) is 25.7 Å². The van der Waals surface area contributed by atoms with Gasteiger partial charge in [0.1, 0.15) is 5.82 Å².